The molecule has 1 N–H and O–H groups in total. The molecule has 1 aromatic carbocycles. The first kappa shape index (κ1) is 23.2. The number of fused-ring (bicyclic) bond motifs is 2. The molecule has 1 amide bonds. The van der Waals surface area contributed by atoms with Crippen molar-refractivity contribution in [3.63, 3.8) is 0 Å². The summed E-state index contributed by atoms with van der Waals surface area (Å²) in [6.07, 6.45) is 10.5. The van der Waals surface area contributed by atoms with Crippen LogP contribution in [0.15, 0.2) is 48.8 Å². The highest BCUT2D eigenvalue weighted by molar-refractivity contribution is 5.98. The van der Waals surface area contributed by atoms with Gasteiger partial charge in [0.2, 0.25) is 0 Å². The molecule has 2 aliphatic heterocycles. The molecular weight excluding hydrogens is 450 g/mol. The van der Waals surface area contributed by atoms with Crippen LogP contribution in [0.1, 0.15) is 48.0 Å². The summed E-state index contributed by atoms with van der Waals surface area (Å²) in [6, 6.07) is 12.0. The number of carbonyl (C=O) groups is 1. The molecule has 1 saturated heterocycles. The van der Waals surface area contributed by atoms with E-state index >= 15 is 0 Å². The van der Waals surface area contributed by atoms with Crippen molar-refractivity contribution in [2.24, 2.45) is 5.92 Å². The fourth-order valence-corrected chi connectivity index (χ4v) is 5.95. The van der Waals surface area contributed by atoms with Gasteiger partial charge in [-0.3, -0.25) is 14.7 Å². The van der Waals surface area contributed by atoms with Gasteiger partial charge >= 0.3 is 0 Å². The average molecular weight is 486 g/mol. The van der Waals surface area contributed by atoms with E-state index in [0.717, 1.165) is 92.5 Å². The Labute approximate surface area is 212 Å². The van der Waals surface area contributed by atoms with Crippen LogP contribution in [0, 0.1) is 5.92 Å². The molecule has 7 nitrogen and oxygen atoms in total. The molecular formula is C29H35N5O2. The zero-order valence-corrected chi connectivity index (χ0v) is 20.9. The molecule has 6 rings (SSSR count). The summed E-state index contributed by atoms with van der Waals surface area (Å²) >= 11 is 0. The largest absolute Gasteiger partial charge is 0.489 e. The van der Waals surface area contributed by atoms with Crippen LogP contribution in [0.4, 0.5) is 5.82 Å². The molecule has 2 fully saturated rings. The number of aromatic nitrogens is 2. The van der Waals surface area contributed by atoms with Gasteiger partial charge in [0.15, 0.2) is 11.6 Å². The maximum Gasteiger partial charge on any atom is 0.251 e. The van der Waals surface area contributed by atoms with Crippen molar-refractivity contribution in [1.29, 1.82) is 0 Å². The summed E-state index contributed by atoms with van der Waals surface area (Å²) in [5.41, 5.74) is 2.94. The number of nitrogens with one attached hydrogen (secondary N) is 1. The highest BCUT2D eigenvalue weighted by Gasteiger charge is 2.26. The summed E-state index contributed by atoms with van der Waals surface area (Å²) < 4.78 is 5.86. The lowest BCUT2D eigenvalue weighted by molar-refractivity contribution is 0.0920. The molecule has 7 heteroatoms. The van der Waals surface area contributed by atoms with Crippen molar-refractivity contribution in [3.8, 4) is 5.75 Å². The quantitative estimate of drug-likeness (QED) is 0.568. The Morgan fingerprint density at radius 3 is 2.72 bits per heavy atom. The summed E-state index contributed by atoms with van der Waals surface area (Å²) in [4.78, 5) is 26.8. The van der Waals surface area contributed by atoms with Crippen LogP contribution >= 0.6 is 0 Å². The average Bonchev–Trinajstić information content (AvgIpc) is 3.42. The lowest BCUT2D eigenvalue weighted by atomic mass is 9.84. The number of piperazine rings is 1. The SMILES string of the molecule is O=C(N[C@H]1CC[C@H](CCN2CCN(c3nccc4c3OCC4)CC2)CC1)c1ccc2ncccc2c1. The first-order chi connectivity index (χ1) is 17.7. The van der Waals surface area contributed by atoms with E-state index in [2.05, 4.69) is 31.2 Å². The number of hydrogen-bond donors (Lipinski definition) is 1. The van der Waals surface area contributed by atoms with Gasteiger partial charge in [0, 0.05) is 67.5 Å². The Hall–Kier alpha value is -3.19. The normalized spacial score (nSPS) is 22.3. The minimum atomic E-state index is 0.0334. The standard InChI is InChI=1S/C29H35N5O2/c35-29(24-5-8-26-23(20-24)2-1-12-30-26)32-25-6-3-21(4-7-25)10-14-33-15-17-34(18-16-33)28-27-22(9-13-31-28)11-19-36-27/h1-2,5,8-9,12-13,20-21,25H,3-4,6-7,10-11,14-19H2,(H,32,35)/t21-,25-. The molecule has 0 radical (unpaired) electrons. The summed E-state index contributed by atoms with van der Waals surface area (Å²) in [5.74, 6) is 2.83. The first-order valence-electron chi connectivity index (χ1n) is 13.5. The van der Waals surface area contributed by atoms with E-state index in [4.69, 9.17) is 4.74 Å². The highest BCUT2D eigenvalue weighted by Crippen LogP contribution is 2.34. The number of anilines is 1. The number of rotatable bonds is 6. The zero-order chi connectivity index (χ0) is 24.3. The van der Waals surface area contributed by atoms with E-state index in [1.165, 1.54) is 24.8 Å². The fourth-order valence-electron chi connectivity index (χ4n) is 5.95. The first-order valence-corrected chi connectivity index (χ1v) is 13.5. The number of hydrogen-bond acceptors (Lipinski definition) is 6. The van der Waals surface area contributed by atoms with E-state index in [1.807, 2.05) is 36.5 Å². The molecule has 36 heavy (non-hydrogen) atoms. The van der Waals surface area contributed by atoms with Crippen molar-refractivity contribution in [3.05, 3.63) is 59.9 Å². The van der Waals surface area contributed by atoms with Crippen LogP contribution in [-0.2, 0) is 6.42 Å². The van der Waals surface area contributed by atoms with E-state index in [1.54, 1.807) is 6.20 Å². The molecule has 188 valence electrons. The maximum absolute atomic E-state index is 12.8. The van der Waals surface area contributed by atoms with Crippen LogP contribution in [0.5, 0.6) is 5.75 Å². The number of ether oxygens (including phenoxy) is 1. The predicted octanol–water partition coefficient (Wildman–Crippen LogP) is 4.07. The second-order valence-electron chi connectivity index (χ2n) is 10.4. The van der Waals surface area contributed by atoms with Crippen LogP contribution in [0.2, 0.25) is 0 Å². The molecule has 0 bridgehead atoms. The Morgan fingerprint density at radius 1 is 1.00 bits per heavy atom. The lowest BCUT2D eigenvalue weighted by Crippen LogP contribution is -2.47. The molecule has 0 spiro atoms. The number of benzene rings is 1. The van der Waals surface area contributed by atoms with Crippen molar-refractivity contribution >= 4 is 22.6 Å². The third-order valence-corrected chi connectivity index (χ3v) is 8.16. The van der Waals surface area contributed by atoms with Gasteiger partial charge < -0.3 is 15.0 Å². The monoisotopic (exact) mass is 485 g/mol. The molecule has 3 aliphatic rings. The molecule has 1 saturated carbocycles. The second-order valence-corrected chi connectivity index (χ2v) is 10.4. The highest BCUT2D eigenvalue weighted by atomic mass is 16.5. The molecule has 0 atom stereocenters. The Bertz CT molecular complexity index is 1220. The van der Waals surface area contributed by atoms with Crippen molar-refractivity contribution in [2.75, 3.05) is 44.2 Å². The number of nitrogens with zero attached hydrogens (tertiary/aromatic N) is 4. The van der Waals surface area contributed by atoms with E-state index in [0.29, 0.717) is 0 Å². The minimum absolute atomic E-state index is 0.0334. The maximum atomic E-state index is 12.8. The van der Waals surface area contributed by atoms with Gasteiger partial charge in [-0.05, 0) is 74.9 Å². The van der Waals surface area contributed by atoms with Crippen LogP contribution in [0.3, 0.4) is 0 Å². The molecule has 1 aliphatic carbocycles. The Balaban J connectivity index is 0.928. The lowest BCUT2D eigenvalue weighted by Gasteiger charge is -2.37. The summed E-state index contributed by atoms with van der Waals surface area (Å²) in [5, 5.41) is 4.28. The smallest absolute Gasteiger partial charge is 0.251 e. The topological polar surface area (TPSA) is 70.6 Å². The van der Waals surface area contributed by atoms with Crippen LogP contribution in [0.25, 0.3) is 10.9 Å². The van der Waals surface area contributed by atoms with Crippen LogP contribution < -0.4 is 15.0 Å². The van der Waals surface area contributed by atoms with Gasteiger partial charge in [0.1, 0.15) is 0 Å². The van der Waals surface area contributed by atoms with E-state index in [-0.39, 0.29) is 11.9 Å². The van der Waals surface area contributed by atoms with Gasteiger partial charge in [-0.1, -0.05) is 6.07 Å². The summed E-state index contributed by atoms with van der Waals surface area (Å²) in [7, 11) is 0. The van der Waals surface area contributed by atoms with E-state index in [9.17, 15) is 4.79 Å². The minimum Gasteiger partial charge on any atom is -0.489 e. The van der Waals surface area contributed by atoms with Crippen molar-refractivity contribution < 1.29 is 9.53 Å². The Morgan fingerprint density at radius 2 is 1.86 bits per heavy atom. The van der Waals surface area contributed by atoms with Gasteiger partial charge in [-0.15, -0.1) is 0 Å². The molecule has 3 aromatic rings. The number of pyridine rings is 2. The number of amides is 1. The van der Waals surface area contributed by atoms with Crippen LogP contribution in [-0.4, -0.2) is 66.1 Å². The Kier molecular flexibility index (Phi) is 6.73. The van der Waals surface area contributed by atoms with Crippen molar-refractivity contribution in [2.45, 2.75) is 44.6 Å². The second kappa shape index (κ2) is 10.4. The van der Waals surface area contributed by atoms with E-state index < -0.39 is 0 Å². The van der Waals surface area contributed by atoms with Gasteiger partial charge in [-0.25, -0.2) is 4.98 Å². The van der Waals surface area contributed by atoms with Crippen molar-refractivity contribution in [1.82, 2.24) is 20.2 Å². The zero-order valence-electron chi connectivity index (χ0n) is 20.9. The van der Waals surface area contributed by atoms with Gasteiger partial charge in [0.25, 0.3) is 5.91 Å². The molecule has 2 aromatic heterocycles. The van der Waals surface area contributed by atoms with Gasteiger partial charge in [-0.2, -0.15) is 0 Å². The third kappa shape index (κ3) is 5.03. The molecule has 4 heterocycles. The fraction of sp³-hybridized carbons (Fsp3) is 0.483. The predicted molar refractivity (Wildman–Crippen MR) is 142 cm³/mol. The summed E-state index contributed by atoms with van der Waals surface area (Å²) in [6.45, 7) is 6.13. The molecule has 0 unspecified atom stereocenters. The third-order valence-electron chi connectivity index (χ3n) is 8.16. The number of carbonyl (C=O) groups excluding carboxylic acids is 1. The van der Waals surface area contributed by atoms with Gasteiger partial charge in [0.05, 0.1) is 12.1 Å².